The van der Waals surface area contributed by atoms with Gasteiger partial charge in [-0.05, 0) is 18.2 Å². The van der Waals surface area contributed by atoms with Gasteiger partial charge in [-0.3, -0.25) is 14.5 Å². The number of hydrogen-bond donors (Lipinski definition) is 0. The van der Waals surface area contributed by atoms with Crippen LogP contribution in [0.25, 0.3) is 10.8 Å². The number of likely N-dealkylation sites (N-methyl/N-ethyl adjacent to an activating group) is 1. The summed E-state index contributed by atoms with van der Waals surface area (Å²) in [5.41, 5.74) is 1.17. The van der Waals surface area contributed by atoms with Gasteiger partial charge in [0.2, 0.25) is 0 Å². The highest BCUT2D eigenvalue weighted by Gasteiger charge is 2.33. The molecule has 1 heterocycles. The monoisotopic (exact) mass is 399 g/mol. The first-order valence-corrected chi connectivity index (χ1v) is 10.1. The molecule has 0 spiro atoms. The van der Waals surface area contributed by atoms with Crippen LogP contribution in [-0.4, -0.2) is 94.2 Å². The quantitative estimate of drug-likeness (QED) is 0.506. The first kappa shape index (κ1) is 21.3. The molecule has 2 amide bonds. The highest BCUT2D eigenvalue weighted by atomic mass is 16.5. The molecule has 2 aromatic rings. The van der Waals surface area contributed by atoms with Crippen molar-refractivity contribution in [1.82, 2.24) is 4.90 Å². The van der Waals surface area contributed by atoms with Crippen LogP contribution in [0, 0.1) is 0 Å². The molecule has 0 unspecified atom stereocenters. The lowest BCUT2D eigenvalue weighted by atomic mass is 9.93. The second-order valence-electron chi connectivity index (χ2n) is 9.83. The normalized spacial score (nSPS) is 14.6. The minimum absolute atomic E-state index is 0.210. The molecule has 0 atom stereocenters. The second-order valence-corrected chi connectivity index (χ2v) is 9.83. The maximum atomic E-state index is 13.1. The first-order chi connectivity index (χ1) is 13.5. The van der Waals surface area contributed by atoms with Crippen LogP contribution < -0.4 is 4.74 Å². The lowest BCUT2D eigenvalue weighted by Crippen LogP contribution is -2.43. The van der Waals surface area contributed by atoms with Gasteiger partial charge in [0.1, 0.15) is 18.9 Å². The summed E-state index contributed by atoms with van der Waals surface area (Å²) < 4.78 is 7.63. The Labute approximate surface area is 173 Å². The Morgan fingerprint density at radius 3 is 2.07 bits per heavy atom. The van der Waals surface area contributed by atoms with E-state index in [1.165, 1.54) is 4.90 Å². The summed E-state index contributed by atoms with van der Waals surface area (Å²) in [5.74, 6) is 0.300. The second kappa shape index (κ2) is 7.76. The summed E-state index contributed by atoms with van der Waals surface area (Å²) in [6.45, 7) is 2.76. The standard InChI is InChI=1S/C23H33N3O3/c1-25(2,3)14-8-13-24-22(27)18-10-7-9-17-20(29-16-15-26(4,5)6)12-11-19(21(17)18)23(24)28/h7,9-12H,8,13-16H2,1-6H3/q+2. The van der Waals surface area contributed by atoms with Crippen molar-refractivity contribution in [3.63, 3.8) is 0 Å². The van der Waals surface area contributed by atoms with Crippen molar-refractivity contribution in [3.8, 4) is 5.75 Å². The molecular weight excluding hydrogens is 366 g/mol. The highest BCUT2D eigenvalue weighted by molar-refractivity contribution is 6.26. The zero-order valence-electron chi connectivity index (χ0n) is 18.5. The van der Waals surface area contributed by atoms with Gasteiger partial charge in [-0.2, -0.15) is 0 Å². The van der Waals surface area contributed by atoms with Crippen LogP contribution in [0.4, 0.5) is 0 Å². The molecule has 0 aromatic heterocycles. The third-order valence-corrected chi connectivity index (χ3v) is 5.18. The topological polar surface area (TPSA) is 46.6 Å². The average molecular weight is 400 g/mol. The van der Waals surface area contributed by atoms with Crippen molar-refractivity contribution >= 4 is 22.6 Å². The number of imide groups is 1. The Hall–Kier alpha value is -2.44. The van der Waals surface area contributed by atoms with Crippen LogP contribution in [0.1, 0.15) is 27.1 Å². The number of hydrogen-bond acceptors (Lipinski definition) is 3. The summed E-state index contributed by atoms with van der Waals surface area (Å²) in [6, 6.07) is 9.26. The van der Waals surface area contributed by atoms with Gasteiger partial charge in [0.05, 0.1) is 48.8 Å². The molecule has 0 aliphatic carbocycles. The van der Waals surface area contributed by atoms with E-state index in [4.69, 9.17) is 4.74 Å². The van der Waals surface area contributed by atoms with Crippen molar-refractivity contribution in [3.05, 3.63) is 41.5 Å². The molecule has 0 N–H and O–H groups in total. The fourth-order valence-electron chi connectivity index (χ4n) is 3.58. The van der Waals surface area contributed by atoms with Gasteiger partial charge in [0.25, 0.3) is 11.8 Å². The van der Waals surface area contributed by atoms with Crippen molar-refractivity contribution in [2.24, 2.45) is 0 Å². The van der Waals surface area contributed by atoms with Gasteiger partial charge in [-0.25, -0.2) is 0 Å². The maximum Gasteiger partial charge on any atom is 0.261 e. The Bertz CT molecular complexity index is 917. The van der Waals surface area contributed by atoms with E-state index in [0.29, 0.717) is 29.7 Å². The van der Waals surface area contributed by atoms with Crippen LogP contribution in [0.3, 0.4) is 0 Å². The summed E-state index contributed by atoms with van der Waals surface area (Å²) in [5, 5.41) is 1.54. The lowest BCUT2D eigenvalue weighted by molar-refractivity contribution is -0.870. The molecule has 0 saturated heterocycles. The third kappa shape index (κ3) is 4.77. The van der Waals surface area contributed by atoms with Crippen molar-refractivity contribution < 1.29 is 23.3 Å². The minimum atomic E-state index is -0.210. The zero-order chi connectivity index (χ0) is 21.4. The smallest absolute Gasteiger partial charge is 0.261 e. The maximum absolute atomic E-state index is 13.1. The van der Waals surface area contributed by atoms with Crippen LogP contribution in [0.15, 0.2) is 30.3 Å². The van der Waals surface area contributed by atoms with Crippen LogP contribution in [-0.2, 0) is 0 Å². The first-order valence-electron chi connectivity index (χ1n) is 10.1. The van der Waals surface area contributed by atoms with E-state index in [0.717, 1.165) is 39.6 Å². The number of nitrogens with zero attached hydrogens (tertiary/aromatic N) is 3. The largest absolute Gasteiger partial charge is 0.487 e. The molecule has 0 fully saturated rings. The number of carbonyl (C=O) groups is 2. The Morgan fingerprint density at radius 1 is 0.828 bits per heavy atom. The van der Waals surface area contributed by atoms with E-state index in [1.807, 2.05) is 24.3 Å². The lowest BCUT2D eigenvalue weighted by Gasteiger charge is -2.29. The van der Waals surface area contributed by atoms with Gasteiger partial charge in [0.15, 0.2) is 0 Å². The summed E-state index contributed by atoms with van der Waals surface area (Å²) in [6.07, 6.45) is 0.776. The summed E-state index contributed by atoms with van der Waals surface area (Å²) in [4.78, 5) is 27.6. The summed E-state index contributed by atoms with van der Waals surface area (Å²) in [7, 11) is 12.7. The van der Waals surface area contributed by atoms with E-state index < -0.39 is 0 Å². The van der Waals surface area contributed by atoms with E-state index >= 15 is 0 Å². The number of benzene rings is 2. The molecule has 1 aliphatic heterocycles. The van der Waals surface area contributed by atoms with Crippen molar-refractivity contribution in [1.29, 1.82) is 0 Å². The van der Waals surface area contributed by atoms with E-state index in [1.54, 1.807) is 6.07 Å². The van der Waals surface area contributed by atoms with Crippen molar-refractivity contribution in [2.75, 3.05) is 68.5 Å². The van der Waals surface area contributed by atoms with Gasteiger partial charge >= 0.3 is 0 Å². The molecule has 6 nitrogen and oxygen atoms in total. The zero-order valence-corrected chi connectivity index (χ0v) is 18.5. The average Bonchev–Trinajstić information content (AvgIpc) is 2.61. The van der Waals surface area contributed by atoms with Gasteiger partial charge in [-0.1, -0.05) is 12.1 Å². The predicted octanol–water partition coefficient (Wildman–Crippen LogP) is 2.62. The van der Waals surface area contributed by atoms with Crippen LogP contribution in [0.5, 0.6) is 5.75 Å². The molecular formula is C23H33N3O3+2. The van der Waals surface area contributed by atoms with Gasteiger partial charge in [-0.15, -0.1) is 0 Å². The molecule has 3 rings (SSSR count). The molecule has 2 aromatic carbocycles. The van der Waals surface area contributed by atoms with Crippen molar-refractivity contribution in [2.45, 2.75) is 6.42 Å². The SMILES string of the molecule is C[N+](C)(C)CCCN1C(=O)c2cccc3c(OCC[N+](C)(C)C)ccc(c23)C1=O. The number of amides is 2. The minimum Gasteiger partial charge on any atom is -0.487 e. The fraction of sp³-hybridized carbons (Fsp3) is 0.478. The summed E-state index contributed by atoms with van der Waals surface area (Å²) >= 11 is 0. The highest BCUT2D eigenvalue weighted by Crippen LogP contribution is 2.35. The van der Waals surface area contributed by atoms with Gasteiger partial charge in [0, 0.05) is 34.9 Å². The molecule has 1 aliphatic rings. The van der Waals surface area contributed by atoms with Gasteiger partial charge < -0.3 is 13.7 Å². The molecule has 29 heavy (non-hydrogen) atoms. The number of quaternary nitrogens is 2. The number of carbonyl (C=O) groups excluding carboxylic acids is 2. The molecule has 0 radical (unpaired) electrons. The predicted molar refractivity (Wildman–Crippen MR) is 115 cm³/mol. The Kier molecular flexibility index (Phi) is 5.70. The molecule has 0 bridgehead atoms. The van der Waals surface area contributed by atoms with Crippen LogP contribution in [0.2, 0.25) is 0 Å². The van der Waals surface area contributed by atoms with E-state index in [2.05, 4.69) is 42.3 Å². The van der Waals surface area contributed by atoms with Crippen LogP contribution >= 0.6 is 0 Å². The van der Waals surface area contributed by atoms with E-state index in [9.17, 15) is 9.59 Å². The molecule has 156 valence electrons. The fourth-order valence-corrected chi connectivity index (χ4v) is 3.58. The number of rotatable bonds is 8. The third-order valence-electron chi connectivity index (χ3n) is 5.18. The Balaban J connectivity index is 1.89. The Morgan fingerprint density at radius 2 is 1.45 bits per heavy atom. The molecule has 6 heteroatoms. The number of ether oxygens (including phenoxy) is 1. The van der Waals surface area contributed by atoms with E-state index in [-0.39, 0.29) is 11.8 Å². The molecule has 0 saturated carbocycles.